The average molecular weight is 402 g/mol. The molecule has 1 saturated heterocycles. The molecule has 0 unspecified atom stereocenters. The Bertz CT molecular complexity index is 791. The Morgan fingerprint density at radius 1 is 1.21 bits per heavy atom. The molecule has 150 valence electrons. The highest BCUT2D eigenvalue weighted by Crippen LogP contribution is 2.23. The van der Waals surface area contributed by atoms with Crippen LogP contribution in [0.2, 0.25) is 5.02 Å². The van der Waals surface area contributed by atoms with Crippen molar-refractivity contribution in [3.8, 4) is 0 Å². The van der Waals surface area contributed by atoms with Gasteiger partial charge in [-0.2, -0.15) is 0 Å². The number of nitrogens with one attached hydrogen (secondary N) is 1. The Balaban J connectivity index is 1.63. The Hall–Kier alpha value is -2.11. The normalized spacial score (nSPS) is 14.1. The van der Waals surface area contributed by atoms with Crippen molar-refractivity contribution in [2.75, 3.05) is 25.0 Å². The SMILES string of the molecule is CCCOCc1ccccc1CNc1ncc(C(=O)N2CCCCC2)cc1Cl. The topological polar surface area (TPSA) is 54.5 Å². The second-order valence-corrected chi connectivity index (χ2v) is 7.49. The van der Waals surface area contributed by atoms with Crippen LogP contribution in [0.4, 0.5) is 5.82 Å². The molecule has 0 saturated carbocycles. The maximum absolute atomic E-state index is 12.6. The van der Waals surface area contributed by atoms with E-state index in [9.17, 15) is 4.79 Å². The molecule has 0 bridgehead atoms. The number of carbonyl (C=O) groups excluding carboxylic acids is 1. The number of aromatic nitrogens is 1. The van der Waals surface area contributed by atoms with Crippen molar-refractivity contribution < 1.29 is 9.53 Å². The molecular formula is C22H28ClN3O2. The van der Waals surface area contributed by atoms with E-state index in [-0.39, 0.29) is 5.91 Å². The summed E-state index contributed by atoms with van der Waals surface area (Å²) in [6.07, 6.45) is 5.93. The van der Waals surface area contributed by atoms with Gasteiger partial charge >= 0.3 is 0 Å². The van der Waals surface area contributed by atoms with E-state index in [4.69, 9.17) is 16.3 Å². The number of anilines is 1. The van der Waals surface area contributed by atoms with Crippen molar-refractivity contribution in [1.29, 1.82) is 0 Å². The highest BCUT2D eigenvalue weighted by Gasteiger charge is 2.19. The second kappa shape index (κ2) is 10.4. The van der Waals surface area contributed by atoms with E-state index in [0.29, 0.717) is 29.6 Å². The number of likely N-dealkylation sites (tertiary alicyclic amines) is 1. The predicted octanol–water partition coefficient (Wildman–Crippen LogP) is 4.90. The summed E-state index contributed by atoms with van der Waals surface area (Å²) < 4.78 is 5.67. The first-order chi connectivity index (χ1) is 13.7. The van der Waals surface area contributed by atoms with E-state index in [1.54, 1.807) is 12.3 Å². The Labute approximate surface area is 172 Å². The lowest BCUT2D eigenvalue weighted by molar-refractivity contribution is 0.0724. The maximum Gasteiger partial charge on any atom is 0.255 e. The van der Waals surface area contributed by atoms with Gasteiger partial charge < -0.3 is 15.0 Å². The fourth-order valence-corrected chi connectivity index (χ4v) is 3.57. The molecule has 5 nitrogen and oxygen atoms in total. The number of hydrogen-bond donors (Lipinski definition) is 1. The van der Waals surface area contributed by atoms with Gasteiger partial charge in [0.2, 0.25) is 0 Å². The number of amides is 1. The molecule has 0 spiro atoms. The second-order valence-electron chi connectivity index (χ2n) is 7.08. The van der Waals surface area contributed by atoms with Gasteiger partial charge in [0.25, 0.3) is 5.91 Å². The van der Waals surface area contributed by atoms with Crippen molar-refractivity contribution >= 4 is 23.3 Å². The number of ether oxygens (including phenoxy) is 1. The van der Waals surface area contributed by atoms with Crippen LogP contribution >= 0.6 is 11.6 Å². The van der Waals surface area contributed by atoms with Crippen LogP contribution in [0.1, 0.15) is 54.1 Å². The number of carbonyl (C=O) groups is 1. The summed E-state index contributed by atoms with van der Waals surface area (Å²) in [5.41, 5.74) is 2.84. The molecule has 0 radical (unpaired) electrons. The molecule has 1 amide bonds. The van der Waals surface area contributed by atoms with Crippen molar-refractivity contribution in [3.63, 3.8) is 0 Å². The zero-order chi connectivity index (χ0) is 19.8. The summed E-state index contributed by atoms with van der Waals surface area (Å²) in [6.45, 7) is 5.66. The minimum absolute atomic E-state index is 0.0130. The molecule has 1 aromatic carbocycles. The van der Waals surface area contributed by atoms with Gasteiger partial charge in [-0.1, -0.05) is 42.8 Å². The lowest BCUT2D eigenvalue weighted by Crippen LogP contribution is -2.35. The molecular weight excluding hydrogens is 374 g/mol. The van der Waals surface area contributed by atoms with E-state index >= 15 is 0 Å². The largest absolute Gasteiger partial charge is 0.377 e. The molecule has 2 aromatic rings. The van der Waals surface area contributed by atoms with Crippen LogP contribution in [-0.2, 0) is 17.9 Å². The third kappa shape index (κ3) is 5.46. The number of rotatable bonds is 8. The van der Waals surface area contributed by atoms with Crippen molar-refractivity contribution in [1.82, 2.24) is 9.88 Å². The molecule has 6 heteroatoms. The van der Waals surface area contributed by atoms with Crippen LogP contribution in [0.3, 0.4) is 0 Å². The van der Waals surface area contributed by atoms with E-state index in [1.807, 2.05) is 17.0 Å². The van der Waals surface area contributed by atoms with E-state index in [0.717, 1.165) is 50.1 Å². The molecule has 0 atom stereocenters. The molecule has 28 heavy (non-hydrogen) atoms. The van der Waals surface area contributed by atoms with E-state index in [1.165, 1.54) is 6.42 Å². The minimum Gasteiger partial charge on any atom is -0.377 e. The molecule has 0 aliphatic carbocycles. The lowest BCUT2D eigenvalue weighted by atomic mass is 10.1. The highest BCUT2D eigenvalue weighted by atomic mass is 35.5. The number of pyridine rings is 1. The Morgan fingerprint density at radius 2 is 1.96 bits per heavy atom. The van der Waals surface area contributed by atoms with Crippen LogP contribution in [0.15, 0.2) is 36.5 Å². The summed E-state index contributed by atoms with van der Waals surface area (Å²) in [5.74, 6) is 0.597. The fourth-order valence-electron chi connectivity index (χ4n) is 3.34. The van der Waals surface area contributed by atoms with Crippen LogP contribution < -0.4 is 5.32 Å². The van der Waals surface area contributed by atoms with Gasteiger partial charge in [0.15, 0.2) is 0 Å². The summed E-state index contributed by atoms with van der Waals surface area (Å²) in [6, 6.07) is 9.88. The number of nitrogens with zero attached hydrogens (tertiary/aromatic N) is 2. The number of hydrogen-bond acceptors (Lipinski definition) is 4. The minimum atomic E-state index is 0.0130. The Morgan fingerprint density at radius 3 is 2.68 bits per heavy atom. The van der Waals surface area contributed by atoms with Gasteiger partial charge in [-0.25, -0.2) is 4.98 Å². The third-order valence-corrected chi connectivity index (χ3v) is 5.19. The van der Waals surface area contributed by atoms with Crippen LogP contribution in [-0.4, -0.2) is 35.5 Å². The molecule has 1 aromatic heterocycles. The predicted molar refractivity (Wildman–Crippen MR) is 113 cm³/mol. The Kier molecular flexibility index (Phi) is 7.69. The summed E-state index contributed by atoms with van der Waals surface area (Å²) >= 11 is 6.40. The van der Waals surface area contributed by atoms with Gasteiger partial charge in [0.05, 0.1) is 17.2 Å². The molecule has 1 fully saturated rings. The summed E-state index contributed by atoms with van der Waals surface area (Å²) in [5, 5.41) is 3.74. The number of benzene rings is 1. The van der Waals surface area contributed by atoms with E-state index < -0.39 is 0 Å². The first-order valence-corrected chi connectivity index (χ1v) is 10.4. The summed E-state index contributed by atoms with van der Waals surface area (Å²) in [7, 11) is 0. The molecule has 3 rings (SSSR count). The lowest BCUT2D eigenvalue weighted by Gasteiger charge is -2.26. The quantitative estimate of drug-likeness (QED) is 0.639. The number of halogens is 1. The first kappa shape index (κ1) is 20.6. The third-order valence-electron chi connectivity index (χ3n) is 4.90. The zero-order valence-corrected chi connectivity index (χ0v) is 17.2. The van der Waals surface area contributed by atoms with Crippen molar-refractivity contribution in [2.45, 2.75) is 45.8 Å². The number of piperidine rings is 1. The van der Waals surface area contributed by atoms with Crippen LogP contribution in [0, 0.1) is 0 Å². The highest BCUT2D eigenvalue weighted by molar-refractivity contribution is 6.33. The monoisotopic (exact) mass is 401 g/mol. The maximum atomic E-state index is 12.6. The van der Waals surface area contributed by atoms with Crippen LogP contribution in [0.5, 0.6) is 0 Å². The van der Waals surface area contributed by atoms with Gasteiger partial charge in [-0.15, -0.1) is 0 Å². The van der Waals surface area contributed by atoms with Gasteiger partial charge in [-0.3, -0.25) is 4.79 Å². The van der Waals surface area contributed by atoms with Crippen molar-refractivity contribution in [3.05, 3.63) is 58.2 Å². The molecule has 1 N–H and O–H groups in total. The molecule has 1 aliphatic heterocycles. The smallest absolute Gasteiger partial charge is 0.255 e. The fraction of sp³-hybridized carbons (Fsp3) is 0.455. The van der Waals surface area contributed by atoms with E-state index in [2.05, 4.69) is 29.4 Å². The van der Waals surface area contributed by atoms with Gasteiger partial charge in [0, 0.05) is 32.4 Å². The first-order valence-electron chi connectivity index (χ1n) is 10.0. The zero-order valence-electron chi connectivity index (χ0n) is 16.4. The molecule has 2 heterocycles. The summed E-state index contributed by atoms with van der Waals surface area (Å²) in [4.78, 5) is 18.9. The average Bonchev–Trinajstić information content (AvgIpc) is 2.74. The molecule has 1 aliphatic rings. The van der Waals surface area contributed by atoms with Gasteiger partial charge in [-0.05, 0) is 42.9 Å². The standard InChI is InChI=1S/C22H28ClN3O2/c1-2-12-28-16-18-9-5-4-8-17(18)14-24-21-20(23)13-19(15-25-21)22(27)26-10-6-3-7-11-26/h4-5,8-9,13,15H,2-3,6-7,10-12,14,16H2,1H3,(H,24,25). The van der Waals surface area contributed by atoms with Crippen molar-refractivity contribution in [2.24, 2.45) is 0 Å². The van der Waals surface area contributed by atoms with Crippen LogP contribution in [0.25, 0.3) is 0 Å². The van der Waals surface area contributed by atoms with Gasteiger partial charge in [0.1, 0.15) is 5.82 Å².